The van der Waals surface area contributed by atoms with Gasteiger partial charge < -0.3 is 19.7 Å². The van der Waals surface area contributed by atoms with Crippen LogP contribution in [0.5, 0.6) is 17.2 Å². The molecular weight excluding hydrogens is 482 g/mol. The van der Waals surface area contributed by atoms with Crippen LogP contribution in [0.2, 0.25) is 5.02 Å². The first-order valence-corrected chi connectivity index (χ1v) is 11.8. The van der Waals surface area contributed by atoms with E-state index in [1.54, 1.807) is 54.6 Å². The van der Waals surface area contributed by atoms with E-state index in [2.05, 4.69) is 0 Å². The van der Waals surface area contributed by atoms with E-state index in [1.807, 2.05) is 13.8 Å². The van der Waals surface area contributed by atoms with Crippen molar-refractivity contribution < 1.29 is 29.3 Å². The van der Waals surface area contributed by atoms with Gasteiger partial charge in [-0.1, -0.05) is 49.7 Å². The number of rotatable bonds is 7. The Labute approximate surface area is 214 Å². The Morgan fingerprint density at radius 1 is 1.03 bits per heavy atom. The number of aliphatic hydroxyl groups is 1. The lowest BCUT2D eigenvalue weighted by Gasteiger charge is -2.26. The molecule has 0 aromatic heterocycles. The molecule has 1 aliphatic heterocycles. The second kappa shape index (κ2) is 10.3. The Morgan fingerprint density at radius 2 is 1.75 bits per heavy atom. The lowest BCUT2D eigenvalue weighted by atomic mass is 9.95. The molecule has 1 heterocycles. The monoisotopic (exact) mass is 507 g/mol. The molecule has 7 nitrogen and oxygen atoms in total. The van der Waals surface area contributed by atoms with Crippen LogP contribution in [0.15, 0.2) is 72.3 Å². The van der Waals surface area contributed by atoms with Gasteiger partial charge in [0.1, 0.15) is 23.0 Å². The number of methoxy groups -OCH3 is 1. The highest BCUT2D eigenvalue weighted by Crippen LogP contribution is 2.44. The Hall–Kier alpha value is -3.97. The minimum absolute atomic E-state index is 0.0489. The number of carbonyl (C=O) groups excluding carboxylic acids is 2. The molecule has 1 saturated heterocycles. The Balaban J connectivity index is 1.89. The van der Waals surface area contributed by atoms with Gasteiger partial charge in [0.2, 0.25) is 0 Å². The molecular formula is C28H26ClNO6. The molecule has 1 atom stereocenters. The molecule has 0 bridgehead atoms. The van der Waals surface area contributed by atoms with Crippen molar-refractivity contribution in [3.63, 3.8) is 0 Å². The molecule has 0 saturated carbocycles. The van der Waals surface area contributed by atoms with Crippen LogP contribution in [-0.2, 0) is 9.59 Å². The first-order valence-electron chi connectivity index (χ1n) is 11.4. The van der Waals surface area contributed by atoms with Crippen LogP contribution < -0.4 is 14.4 Å². The third-order valence-electron chi connectivity index (χ3n) is 5.75. The van der Waals surface area contributed by atoms with E-state index in [1.165, 1.54) is 24.1 Å². The van der Waals surface area contributed by atoms with E-state index in [0.717, 1.165) is 0 Å². The largest absolute Gasteiger partial charge is 0.507 e. The van der Waals surface area contributed by atoms with Gasteiger partial charge in [0, 0.05) is 17.3 Å². The Morgan fingerprint density at radius 3 is 2.44 bits per heavy atom. The number of anilines is 1. The third-order valence-corrected chi connectivity index (χ3v) is 6.06. The molecule has 1 fully saturated rings. The van der Waals surface area contributed by atoms with Crippen LogP contribution >= 0.6 is 11.6 Å². The zero-order valence-electron chi connectivity index (χ0n) is 20.1. The standard InChI is InChI=1S/C28H26ClNO6/c1-16(2)15-36-21-9-4-6-18(12-21)26(32)24-25(17-10-11-23(31)22(29)13-17)30(28(34)27(24)33)19-7-5-8-20(14-19)35-3/h4-14,16,25,31-32H,15H2,1-3H3/b26-24-. The van der Waals surface area contributed by atoms with Gasteiger partial charge in [0.15, 0.2) is 0 Å². The third kappa shape index (κ3) is 4.88. The van der Waals surface area contributed by atoms with Crippen LogP contribution in [0.4, 0.5) is 5.69 Å². The molecule has 36 heavy (non-hydrogen) atoms. The van der Waals surface area contributed by atoms with Crippen molar-refractivity contribution >= 4 is 34.7 Å². The fourth-order valence-corrected chi connectivity index (χ4v) is 4.21. The average Bonchev–Trinajstić information content (AvgIpc) is 3.14. The highest BCUT2D eigenvalue weighted by atomic mass is 35.5. The van der Waals surface area contributed by atoms with E-state index in [9.17, 15) is 19.8 Å². The van der Waals surface area contributed by atoms with Gasteiger partial charge in [-0.25, -0.2) is 0 Å². The first-order chi connectivity index (χ1) is 17.2. The highest BCUT2D eigenvalue weighted by molar-refractivity contribution is 6.51. The molecule has 1 amide bonds. The zero-order chi connectivity index (χ0) is 26.0. The van der Waals surface area contributed by atoms with E-state index in [4.69, 9.17) is 21.1 Å². The number of benzene rings is 3. The van der Waals surface area contributed by atoms with Gasteiger partial charge in [0.25, 0.3) is 11.7 Å². The minimum Gasteiger partial charge on any atom is -0.507 e. The van der Waals surface area contributed by atoms with Crippen molar-refractivity contribution in [3.8, 4) is 17.2 Å². The summed E-state index contributed by atoms with van der Waals surface area (Å²) < 4.78 is 11.1. The molecule has 4 rings (SSSR count). The summed E-state index contributed by atoms with van der Waals surface area (Å²) in [6.07, 6.45) is 0. The van der Waals surface area contributed by atoms with Crippen LogP contribution in [0, 0.1) is 5.92 Å². The van der Waals surface area contributed by atoms with Gasteiger partial charge in [0.05, 0.1) is 30.4 Å². The number of carbonyl (C=O) groups is 2. The smallest absolute Gasteiger partial charge is 0.300 e. The number of phenols is 1. The summed E-state index contributed by atoms with van der Waals surface area (Å²) >= 11 is 6.18. The maximum atomic E-state index is 13.3. The van der Waals surface area contributed by atoms with Gasteiger partial charge in [-0.15, -0.1) is 0 Å². The summed E-state index contributed by atoms with van der Waals surface area (Å²) in [5, 5.41) is 21.3. The quantitative estimate of drug-likeness (QED) is 0.241. The number of phenolic OH excluding ortho intramolecular Hbond substituents is 1. The van der Waals surface area contributed by atoms with Crippen LogP contribution in [0.1, 0.15) is 31.0 Å². The van der Waals surface area contributed by atoms with Gasteiger partial charge >= 0.3 is 0 Å². The molecule has 1 aliphatic rings. The van der Waals surface area contributed by atoms with Gasteiger partial charge in [-0.05, 0) is 47.9 Å². The van der Waals surface area contributed by atoms with Crippen molar-refractivity contribution in [2.75, 3.05) is 18.6 Å². The van der Waals surface area contributed by atoms with Crippen molar-refractivity contribution in [1.82, 2.24) is 0 Å². The number of nitrogens with zero attached hydrogens (tertiary/aromatic N) is 1. The van der Waals surface area contributed by atoms with Gasteiger partial charge in [-0.2, -0.15) is 0 Å². The van der Waals surface area contributed by atoms with Crippen LogP contribution in [-0.4, -0.2) is 35.6 Å². The molecule has 0 radical (unpaired) electrons. The van der Waals surface area contributed by atoms with Crippen LogP contribution in [0.3, 0.4) is 0 Å². The molecule has 3 aromatic rings. The fourth-order valence-electron chi connectivity index (χ4n) is 4.02. The molecule has 3 aromatic carbocycles. The van der Waals surface area contributed by atoms with Gasteiger partial charge in [-0.3, -0.25) is 14.5 Å². The van der Waals surface area contributed by atoms with E-state index < -0.39 is 17.7 Å². The number of amides is 1. The molecule has 8 heteroatoms. The van der Waals surface area contributed by atoms with Crippen molar-refractivity contribution in [1.29, 1.82) is 0 Å². The van der Waals surface area contributed by atoms with Crippen molar-refractivity contribution in [2.45, 2.75) is 19.9 Å². The number of Topliss-reactive ketones (excluding diaryl/α,β-unsaturated/α-hetero) is 1. The van der Waals surface area contributed by atoms with Crippen molar-refractivity contribution in [2.24, 2.45) is 5.92 Å². The summed E-state index contributed by atoms with van der Waals surface area (Å²) in [4.78, 5) is 27.9. The molecule has 2 N–H and O–H groups in total. The fraction of sp³-hybridized carbons (Fsp3) is 0.214. The number of ether oxygens (including phenoxy) is 2. The summed E-state index contributed by atoms with van der Waals surface area (Å²) in [7, 11) is 1.50. The van der Waals surface area contributed by atoms with E-state index in [0.29, 0.717) is 40.8 Å². The maximum absolute atomic E-state index is 13.3. The topological polar surface area (TPSA) is 96.3 Å². The normalized spacial score (nSPS) is 17.0. The lowest BCUT2D eigenvalue weighted by molar-refractivity contribution is -0.132. The second-order valence-corrected chi connectivity index (χ2v) is 9.22. The molecule has 0 aliphatic carbocycles. The maximum Gasteiger partial charge on any atom is 0.300 e. The predicted octanol–water partition coefficient (Wildman–Crippen LogP) is 5.72. The Bertz CT molecular complexity index is 1350. The molecule has 186 valence electrons. The number of halogens is 1. The Kier molecular flexibility index (Phi) is 7.22. The number of aromatic hydroxyl groups is 1. The molecule has 0 spiro atoms. The highest BCUT2D eigenvalue weighted by Gasteiger charge is 2.47. The average molecular weight is 508 g/mol. The first kappa shape index (κ1) is 25.1. The second-order valence-electron chi connectivity index (χ2n) is 8.81. The van der Waals surface area contributed by atoms with E-state index >= 15 is 0 Å². The summed E-state index contributed by atoms with van der Waals surface area (Å²) in [6.45, 7) is 4.52. The predicted molar refractivity (Wildman–Crippen MR) is 138 cm³/mol. The lowest BCUT2D eigenvalue weighted by Crippen LogP contribution is -2.29. The van der Waals surface area contributed by atoms with E-state index in [-0.39, 0.29) is 22.1 Å². The summed E-state index contributed by atoms with van der Waals surface area (Å²) in [5.74, 6) is -0.832. The number of hydrogen-bond donors (Lipinski definition) is 2. The number of ketones is 1. The molecule has 1 unspecified atom stereocenters. The summed E-state index contributed by atoms with van der Waals surface area (Å²) in [6, 6.07) is 16.8. The minimum atomic E-state index is -1.00. The summed E-state index contributed by atoms with van der Waals surface area (Å²) in [5.41, 5.74) is 1.06. The number of hydrogen-bond acceptors (Lipinski definition) is 6. The van der Waals surface area contributed by atoms with Crippen molar-refractivity contribution in [3.05, 3.63) is 88.5 Å². The van der Waals surface area contributed by atoms with Crippen LogP contribution in [0.25, 0.3) is 5.76 Å². The SMILES string of the molecule is COc1cccc(N2C(=O)C(=O)/C(=C(\O)c3cccc(OCC(C)C)c3)C2c2ccc(O)c(Cl)c2)c1. The zero-order valence-corrected chi connectivity index (χ0v) is 20.8. The number of aliphatic hydroxyl groups excluding tert-OH is 1.